The number of halogens is 3. The Hall–Kier alpha value is -6.87. The van der Waals surface area contributed by atoms with Crippen LogP contribution in [-0.2, 0) is 62.3 Å². The zero-order chi connectivity index (χ0) is 77.4. The molecule has 3 N–H and O–H groups in total. The molecule has 104 heavy (non-hydrogen) atoms. The minimum atomic E-state index is -4.51. The van der Waals surface area contributed by atoms with Crippen molar-refractivity contribution in [3.63, 3.8) is 0 Å². The maximum atomic E-state index is 15.7. The first-order chi connectivity index (χ1) is 48.7. The van der Waals surface area contributed by atoms with Crippen molar-refractivity contribution in [2.75, 3.05) is 89.7 Å². The summed E-state index contributed by atoms with van der Waals surface area (Å²) >= 11 is 0. The molecule has 13 atom stereocenters. The molecule has 0 aromatic heterocycles. The monoisotopic (exact) mass is 1470 g/mol. The molecule has 6 fully saturated rings. The van der Waals surface area contributed by atoms with Gasteiger partial charge in [0.15, 0.2) is 0 Å². The Morgan fingerprint density at radius 2 is 1.30 bits per heavy atom. The molecule has 28 heteroatoms. The molecular formula is C76H123F3N12O13. The predicted molar refractivity (Wildman–Crippen MR) is 385 cm³/mol. The number of fused-ring (bicyclic) bond motifs is 3. The van der Waals surface area contributed by atoms with E-state index in [1.165, 1.54) is 103 Å². The van der Waals surface area contributed by atoms with E-state index in [0.717, 1.165) is 30.6 Å². The highest BCUT2D eigenvalue weighted by molar-refractivity contribution is 6.01. The number of carbonyl (C=O) groups is 12. The summed E-state index contributed by atoms with van der Waals surface area (Å²) in [6.07, 6.45) is 4.62. The lowest BCUT2D eigenvalue weighted by atomic mass is 9.58. The molecule has 7 rings (SSSR count). The second-order valence-corrected chi connectivity index (χ2v) is 33.2. The van der Waals surface area contributed by atoms with Gasteiger partial charge in [0.25, 0.3) is 0 Å². The zero-order valence-electron chi connectivity index (χ0n) is 65.2. The van der Waals surface area contributed by atoms with Crippen LogP contribution < -0.4 is 16.0 Å². The standard InChI is InChI=1S/C76H123F3N12O13/c1-18-24-53-64(95)81-62(47(5)19-2)70(101)85(12)42-61(94)87(14)54-25-22-21-23-36-90(69(54)100)56(37-49-28-26-46(4)27-29-49)68(99)84(11)41-59(92)80-52(33-31-50-30-32-51(76(77,78)79)58(38-50)104-17)66(97)91-45-74(34-35-74)40-57(91)65(96)82-75(43-73(7,8)44-75)72(103)89(16)63(48(6)20-3)71(102)88(15)55(67(98)83(9)10)39-60(93)86(53)13/h21-22,46-58,62-63H,18-20,23-45H2,1-17H3,(H,80,92)(H,81,95)(H,82,96)/b22-21-/t46?,47-,48-,49?,50?,51?,52-,53-,54-,55-,56-,57-,58?,62-,63-/m0/s1. The molecule has 3 aliphatic heterocycles. The van der Waals surface area contributed by atoms with E-state index in [1.807, 2.05) is 40.7 Å². The maximum Gasteiger partial charge on any atom is 0.394 e. The van der Waals surface area contributed by atoms with E-state index in [1.54, 1.807) is 19.9 Å². The Kier molecular flexibility index (Phi) is 28.6. The average Bonchev–Trinajstić information content (AvgIpc) is 0.850. The van der Waals surface area contributed by atoms with Gasteiger partial charge in [-0.3, -0.25) is 57.5 Å². The third-order valence-corrected chi connectivity index (χ3v) is 24.4. The summed E-state index contributed by atoms with van der Waals surface area (Å²) in [7, 11) is 12.8. The van der Waals surface area contributed by atoms with Gasteiger partial charge in [0.1, 0.15) is 53.9 Å². The fraction of sp³-hybridized carbons (Fsp3) is 0.816. The number of hydrogen-bond donors (Lipinski definition) is 3. The number of rotatable bonds is 13. The molecule has 12 amide bonds. The van der Waals surface area contributed by atoms with Crippen LogP contribution in [-0.4, -0.2) is 271 Å². The molecule has 4 aliphatic carbocycles. The Bertz CT molecular complexity index is 3150. The van der Waals surface area contributed by atoms with Crippen LogP contribution >= 0.6 is 0 Å². The lowest BCUT2D eigenvalue weighted by Gasteiger charge is -2.54. The van der Waals surface area contributed by atoms with E-state index >= 15 is 28.8 Å². The smallest absolute Gasteiger partial charge is 0.381 e. The van der Waals surface area contributed by atoms with Crippen LogP contribution in [0.3, 0.4) is 0 Å². The second kappa shape index (κ2) is 35.2. The highest BCUT2D eigenvalue weighted by Crippen LogP contribution is 2.56. The van der Waals surface area contributed by atoms with Crippen LogP contribution in [0.15, 0.2) is 12.2 Å². The number of carbonyl (C=O) groups excluding carboxylic acids is 12. The number of ether oxygens (including phenoxy) is 1. The predicted octanol–water partition coefficient (Wildman–Crippen LogP) is 6.16. The fourth-order valence-electron chi connectivity index (χ4n) is 17.4. The Balaban J connectivity index is 1.32. The largest absolute Gasteiger partial charge is 0.394 e. The van der Waals surface area contributed by atoms with Gasteiger partial charge >= 0.3 is 6.18 Å². The number of likely N-dealkylation sites (N-methyl/N-ethyl adjacent to an activating group) is 7. The van der Waals surface area contributed by atoms with Crippen LogP contribution in [0.1, 0.15) is 197 Å². The number of alkyl halides is 3. The van der Waals surface area contributed by atoms with Crippen molar-refractivity contribution in [3.8, 4) is 0 Å². The fourth-order valence-corrected chi connectivity index (χ4v) is 17.4. The molecule has 3 heterocycles. The molecule has 0 aromatic rings. The van der Waals surface area contributed by atoms with E-state index < -0.39 is 185 Å². The van der Waals surface area contributed by atoms with E-state index in [-0.39, 0.29) is 95.6 Å². The first-order valence-corrected chi connectivity index (χ1v) is 38.2. The van der Waals surface area contributed by atoms with Gasteiger partial charge in [0.2, 0.25) is 70.9 Å². The van der Waals surface area contributed by atoms with Gasteiger partial charge < -0.3 is 64.8 Å². The SMILES string of the molecule is CCC[C@H]1C(=O)N[C@@H]([C@@H](C)CC)C(=O)N(C)CC(=O)N(C)[C@H]2C/C=C\CCN(C2=O)[C@@H](CC2CCC(C)CC2)C(=O)N(C)CC(=O)N[C@@H](CCC2CCC(C(F)(F)F)C(OC)C2)C(=O)N2CC3(CC3)C[C@H]2C(=O)NC2(CC(C)(C)C2)C(=O)N(C)[C@@H]([C@@H](C)CC)C(=O)N(C)[C@H](C(=O)N(C)C)CC(=O)N1C. The molecule has 586 valence electrons. The highest BCUT2D eigenvalue weighted by Gasteiger charge is 2.61. The summed E-state index contributed by atoms with van der Waals surface area (Å²) in [5.74, 6) is -10.3. The van der Waals surface area contributed by atoms with Crippen molar-refractivity contribution in [1.29, 1.82) is 0 Å². The number of methoxy groups -OCH3 is 1. The Morgan fingerprint density at radius 3 is 1.88 bits per heavy atom. The van der Waals surface area contributed by atoms with E-state index in [4.69, 9.17) is 4.74 Å². The quantitative estimate of drug-likeness (QED) is 0.175. The highest BCUT2D eigenvalue weighted by atomic mass is 19.4. The van der Waals surface area contributed by atoms with Crippen LogP contribution in [0.2, 0.25) is 0 Å². The molecule has 2 spiro atoms. The molecule has 4 saturated carbocycles. The summed E-state index contributed by atoms with van der Waals surface area (Å²) < 4.78 is 48.4. The maximum absolute atomic E-state index is 15.7. The number of hydrogen-bond acceptors (Lipinski definition) is 13. The van der Waals surface area contributed by atoms with Crippen molar-refractivity contribution < 1.29 is 75.4 Å². The lowest BCUT2D eigenvalue weighted by Crippen LogP contribution is -2.71. The van der Waals surface area contributed by atoms with Crippen LogP contribution in [0.25, 0.3) is 0 Å². The molecule has 7 aliphatic rings. The topological polar surface area (TPSA) is 279 Å². The third-order valence-electron chi connectivity index (χ3n) is 24.4. The van der Waals surface area contributed by atoms with Gasteiger partial charge in [-0.1, -0.05) is 112 Å². The number of amides is 12. The lowest BCUT2D eigenvalue weighted by molar-refractivity contribution is -0.215. The minimum absolute atomic E-state index is 0.00604. The third kappa shape index (κ3) is 19.8. The van der Waals surface area contributed by atoms with E-state index in [0.29, 0.717) is 44.4 Å². The molecule has 25 nitrogen and oxygen atoms in total. The molecule has 0 aromatic carbocycles. The summed E-state index contributed by atoms with van der Waals surface area (Å²) in [6, 6.07) is -9.91. The van der Waals surface area contributed by atoms with Crippen LogP contribution in [0.5, 0.6) is 0 Å². The molecule has 0 radical (unpaired) electrons. The van der Waals surface area contributed by atoms with Crippen molar-refractivity contribution in [1.82, 2.24) is 60.0 Å². The molecular weight excluding hydrogens is 1350 g/mol. The first-order valence-electron chi connectivity index (χ1n) is 38.2. The van der Waals surface area contributed by atoms with E-state index in [9.17, 15) is 41.9 Å². The molecule has 2 saturated heterocycles. The first kappa shape index (κ1) is 84.4. The molecule has 3 unspecified atom stereocenters. The number of nitrogens with zero attached hydrogens (tertiary/aromatic N) is 9. The van der Waals surface area contributed by atoms with Crippen molar-refractivity contribution in [2.24, 2.45) is 46.3 Å². The zero-order valence-corrected chi connectivity index (χ0v) is 65.2. The van der Waals surface area contributed by atoms with Crippen molar-refractivity contribution in [2.45, 2.75) is 263 Å². The van der Waals surface area contributed by atoms with Crippen molar-refractivity contribution in [3.05, 3.63) is 12.2 Å². The normalized spacial score (nSPS) is 31.9. The van der Waals surface area contributed by atoms with Gasteiger partial charge in [-0.25, -0.2) is 0 Å². The summed E-state index contributed by atoms with van der Waals surface area (Å²) in [6.45, 7) is 14.2. The van der Waals surface area contributed by atoms with Crippen molar-refractivity contribution >= 4 is 70.9 Å². The van der Waals surface area contributed by atoms with E-state index in [2.05, 4.69) is 22.9 Å². The van der Waals surface area contributed by atoms with Gasteiger partial charge in [0, 0.05) is 76.6 Å². The average molecular weight is 1470 g/mol. The van der Waals surface area contributed by atoms with Gasteiger partial charge in [-0.05, 0) is 130 Å². The van der Waals surface area contributed by atoms with Gasteiger partial charge in [-0.15, -0.1) is 0 Å². The summed E-state index contributed by atoms with van der Waals surface area (Å²) in [5.41, 5.74) is -2.59. The number of nitrogens with one attached hydrogen (secondary N) is 3. The second-order valence-electron chi connectivity index (χ2n) is 33.2. The molecule has 2 bridgehead atoms. The van der Waals surface area contributed by atoms with Gasteiger partial charge in [0.05, 0.1) is 31.5 Å². The van der Waals surface area contributed by atoms with Gasteiger partial charge in [-0.2, -0.15) is 13.2 Å². The summed E-state index contributed by atoms with van der Waals surface area (Å²) in [5, 5.41) is 8.93. The summed E-state index contributed by atoms with van der Waals surface area (Å²) in [4.78, 5) is 193. The Labute approximate surface area is 614 Å². The van der Waals surface area contributed by atoms with Crippen LogP contribution in [0, 0.1) is 46.3 Å². The minimum Gasteiger partial charge on any atom is -0.381 e. The Morgan fingerprint density at radius 1 is 0.673 bits per heavy atom. The van der Waals surface area contributed by atoms with Crippen LogP contribution in [0.4, 0.5) is 13.2 Å².